The standard InChI is InChI=1S/C15H17FN6O/c1-7(2)15(23)22-10-4-3-8(5-9(10)16)12(17)11-13(18)20-6-21-14(11)19/h3-7,17H,1-2H3,(H,22,23)(H4,18,19,20,21). The first kappa shape index (κ1) is 16.3. The van der Waals surface area contributed by atoms with Crippen LogP contribution < -0.4 is 16.8 Å². The minimum absolute atomic E-state index is 0.0418. The van der Waals surface area contributed by atoms with Gasteiger partial charge in [0, 0.05) is 11.5 Å². The van der Waals surface area contributed by atoms with Crippen LogP contribution in [0.1, 0.15) is 25.0 Å². The molecule has 0 fully saturated rings. The van der Waals surface area contributed by atoms with Crippen LogP contribution in [0.4, 0.5) is 21.7 Å². The second-order valence-electron chi connectivity index (χ2n) is 5.23. The zero-order valence-electron chi connectivity index (χ0n) is 12.7. The lowest BCUT2D eigenvalue weighted by Crippen LogP contribution is -2.19. The van der Waals surface area contributed by atoms with Gasteiger partial charge in [0.05, 0.1) is 17.0 Å². The molecule has 120 valence electrons. The number of hydrogen-bond donors (Lipinski definition) is 4. The fourth-order valence-corrected chi connectivity index (χ4v) is 1.86. The van der Waals surface area contributed by atoms with E-state index < -0.39 is 5.82 Å². The van der Waals surface area contributed by atoms with E-state index in [2.05, 4.69) is 15.3 Å². The van der Waals surface area contributed by atoms with Crippen LogP contribution in [0.25, 0.3) is 0 Å². The molecule has 2 aromatic rings. The second kappa shape index (κ2) is 6.39. The smallest absolute Gasteiger partial charge is 0.227 e. The summed E-state index contributed by atoms with van der Waals surface area (Å²) in [6, 6.07) is 4.01. The fraction of sp³-hybridized carbons (Fsp3) is 0.200. The second-order valence-corrected chi connectivity index (χ2v) is 5.23. The van der Waals surface area contributed by atoms with Crippen molar-refractivity contribution in [3.8, 4) is 0 Å². The highest BCUT2D eigenvalue weighted by atomic mass is 19.1. The van der Waals surface area contributed by atoms with E-state index in [0.29, 0.717) is 0 Å². The van der Waals surface area contributed by atoms with Gasteiger partial charge in [-0.05, 0) is 12.1 Å². The first-order valence-corrected chi connectivity index (χ1v) is 6.87. The summed E-state index contributed by atoms with van der Waals surface area (Å²) in [4.78, 5) is 19.2. The van der Waals surface area contributed by atoms with Crippen molar-refractivity contribution in [3.05, 3.63) is 41.5 Å². The summed E-state index contributed by atoms with van der Waals surface area (Å²) in [6.45, 7) is 3.41. The van der Waals surface area contributed by atoms with Crippen LogP contribution >= 0.6 is 0 Å². The van der Waals surface area contributed by atoms with Crippen LogP contribution in [0.15, 0.2) is 24.5 Å². The van der Waals surface area contributed by atoms with Crippen molar-refractivity contribution in [2.45, 2.75) is 13.8 Å². The van der Waals surface area contributed by atoms with Crippen molar-refractivity contribution >= 4 is 28.9 Å². The molecule has 0 saturated carbocycles. The maximum atomic E-state index is 14.1. The zero-order valence-corrected chi connectivity index (χ0v) is 12.7. The number of carbonyl (C=O) groups is 1. The lowest BCUT2D eigenvalue weighted by Gasteiger charge is -2.12. The van der Waals surface area contributed by atoms with Gasteiger partial charge in [0.1, 0.15) is 23.8 Å². The molecule has 1 amide bonds. The largest absolute Gasteiger partial charge is 0.383 e. The summed E-state index contributed by atoms with van der Waals surface area (Å²) in [5, 5.41) is 10.6. The molecule has 1 aromatic carbocycles. The average molecular weight is 316 g/mol. The monoisotopic (exact) mass is 316 g/mol. The number of halogens is 1. The third-order valence-corrected chi connectivity index (χ3v) is 3.20. The Bertz CT molecular complexity index is 754. The molecule has 1 aromatic heterocycles. The fourth-order valence-electron chi connectivity index (χ4n) is 1.86. The number of nitrogen functional groups attached to an aromatic ring is 2. The number of carbonyl (C=O) groups excluding carboxylic acids is 1. The molecule has 0 bridgehead atoms. The maximum absolute atomic E-state index is 14.1. The number of benzene rings is 1. The average Bonchev–Trinajstić information content (AvgIpc) is 2.48. The SMILES string of the molecule is CC(C)C(=O)Nc1ccc(C(=N)c2c(N)ncnc2N)cc1F. The molecule has 23 heavy (non-hydrogen) atoms. The predicted molar refractivity (Wildman–Crippen MR) is 86.7 cm³/mol. The van der Waals surface area contributed by atoms with Crippen LogP contribution in [-0.2, 0) is 4.79 Å². The highest BCUT2D eigenvalue weighted by Crippen LogP contribution is 2.22. The minimum atomic E-state index is -0.657. The van der Waals surface area contributed by atoms with E-state index in [1.165, 1.54) is 18.5 Å². The van der Waals surface area contributed by atoms with E-state index in [4.69, 9.17) is 16.9 Å². The summed E-state index contributed by atoms with van der Waals surface area (Å²) < 4.78 is 14.1. The third-order valence-electron chi connectivity index (χ3n) is 3.20. The van der Waals surface area contributed by atoms with Crippen molar-refractivity contribution in [2.75, 3.05) is 16.8 Å². The van der Waals surface area contributed by atoms with Crippen molar-refractivity contribution in [1.29, 1.82) is 5.41 Å². The molecule has 0 atom stereocenters. The molecule has 0 aliphatic heterocycles. The highest BCUT2D eigenvalue weighted by molar-refractivity contribution is 6.16. The quantitative estimate of drug-likeness (QED) is 0.639. The van der Waals surface area contributed by atoms with Gasteiger partial charge in [-0.2, -0.15) is 0 Å². The summed E-state index contributed by atoms with van der Waals surface area (Å²) in [6.07, 6.45) is 1.19. The molecule has 7 nitrogen and oxygen atoms in total. The van der Waals surface area contributed by atoms with Crippen LogP contribution in [0.3, 0.4) is 0 Å². The van der Waals surface area contributed by atoms with Gasteiger partial charge in [-0.25, -0.2) is 14.4 Å². The molecule has 6 N–H and O–H groups in total. The van der Waals surface area contributed by atoms with E-state index in [0.717, 1.165) is 6.07 Å². The molecule has 1 heterocycles. The minimum Gasteiger partial charge on any atom is -0.383 e. The Morgan fingerprint density at radius 1 is 1.26 bits per heavy atom. The number of anilines is 3. The Labute approximate surface area is 132 Å². The number of aromatic nitrogens is 2. The lowest BCUT2D eigenvalue weighted by atomic mass is 10.0. The molecule has 0 aliphatic carbocycles. The number of hydrogen-bond acceptors (Lipinski definition) is 6. The first-order chi connectivity index (χ1) is 10.8. The lowest BCUT2D eigenvalue weighted by molar-refractivity contribution is -0.118. The van der Waals surface area contributed by atoms with Gasteiger partial charge in [-0.3, -0.25) is 10.2 Å². The Morgan fingerprint density at radius 2 is 1.87 bits per heavy atom. The molecule has 2 rings (SSSR count). The zero-order chi connectivity index (χ0) is 17.1. The number of rotatable bonds is 4. The van der Waals surface area contributed by atoms with Crippen molar-refractivity contribution in [3.63, 3.8) is 0 Å². The molecule has 0 saturated heterocycles. The maximum Gasteiger partial charge on any atom is 0.227 e. The van der Waals surface area contributed by atoms with Crippen LogP contribution in [0.5, 0.6) is 0 Å². The van der Waals surface area contributed by atoms with E-state index in [1.807, 2.05) is 0 Å². The summed E-state index contributed by atoms with van der Waals surface area (Å²) in [5.41, 5.74) is 11.8. The van der Waals surface area contributed by atoms with Crippen LogP contribution in [-0.4, -0.2) is 21.6 Å². The number of amides is 1. The molecule has 0 radical (unpaired) electrons. The topological polar surface area (TPSA) is 131 Å². The number of nitrogens with two attached hydrogens (primary N) is 2. The molecular weight excluding hydrogens is 299 g/mol. The van der Waals surface area contributed by atoms with Crippen molar-refractivity contribution in [2.24, 2.45) is 5.92 Å². The van der Waals surface area contributed by atoms with Crippen molar-refractivity contribution < 1.29 is 9.18 Å². The van der Waals surface area contributed by atoms with Gasteiger partial charge in [0.25, 0.3) is 0 Å². The Balaban J connectivity index is 2.33. The molecule has 8 heteroatoms. The molecule has 0 spiro atoms. The Morgan fingerprint density at radius 3 is 2.39 bits per heavy atom. The van der Waals surface area contributed by atoms with Gasteiger partial charge >= 0.3 is 0 Å². The third kappa shape index (κ3) is 3.42. The number of nitrogens with one attached hydrogen (secondary N) is 2. The Hall–Kier alpha value is -3.03. The highest BCUT2D eigenvalue weighted by Gasteiger charge is 2.17. The van der Waals surface area contributed by atoms with E-state index in [-0.39, 0.29) is 46.0 Å². The van der Waals surface area contributed by atoms with Gasteiger partial charge < -0.3 is 16.8 Å². The summed E-state index contributed by atoms with van der Waals surface area (Å²) in [7, 11) is 0. The van der Waals surface area contributed by atoms with Crippen molar-refractivity contribution in [1.82, 2.24) is 9.97 Å². The predicted octanol–water partition coefficient (Wildman–Crippen LogP) is 1.79. The van der Waals surface area contributed by atoms with E-state index in [1.54, 1.807) is 13.8 Å². The van der Waals surface area contributed by atoms with Gasteiger partial charge in [-0.1, -0.05) is 19.9 Å². The van der Waals surface area contributed by atoms with Gasteiger partial charge in [-0.15, -0.1) is 0 Å². The number of nitrogens with zero attached hydrogens (tertiary/aromatic N) is 2. The summed E-state index contributed by atoms with van der Waals surface area (Å²) in [5.74, 6) is -1.14. The van der Waals surface area contributed by atoms with Gasteiger partial charge in [0.2, 0.25) is 5.91 Å². The molecular formula is C15H17FN6O. The molecule has 0 unspecified atom stereocenters. The Kier molecular flexibility index (Phi) is 4.54. The first-order valence-electron chi connectivity index (χ1n) is 6.87. The van der Waals surface area contributed by atoms with E-state index in [9.17, 15) is 9.18 Å². The van der Waals surface area contributed by atoms with E-state index >= 15 is 0 Å². The van der Waals surface area contributed by atoms with Crippen LogP contribution in [0.2, 0.25) is 0 Å². The van der Waals surface area contributed by atoms with Gasteiger partial charge in [0.15, 0.2) is 0 Å². The van der Waals surface area contributed by atoms with Crippen LogP contribution in [0, 0.1) is 17.1 Å². The normalized spacial score (nSPS) is 10.6. The summed E-state index contributed by atoms with van der Waals surface area (Å²) >= 11 is 0. The molecule has 0 aliphatic rings.